The molecule has 0 aromatic carbocycles. The summed E-state index contributed by atoms with van der Waals surface area (Å²) in [6.07, 6.45) is 12.3. The van der Waals surface area contributed by atoms with E-state index in [1.54, 1.807) is 42.9 Å². The Kier molecular flexibility index (Phi) is 16.3. The van der Waals surface area contributed by atoms with Crippen molar-refractivity contribution in [3.8, 4) is 0 Å². The maximum Gasteiger partial charge on any atom is 0.0695 e. The highest BCUT2D eigenvalue weighted by Gasteiger charge is 1.91. The van der Waals surface area contributed by atoms with Gasteiger partial charge in [-0.15, -0.1) is 0 Å². The molecule has 2 aromatic heterocycles. The summed E-state index contributed by atoms with van der Waals surface area (Å²) in [7, 11) is 0. The Morgan fingerprint density at radius 3 is 1.71 bits per heavy atom. The second-order valence-electron chi connectivity index (χ2n) is 3.80. The van der Waals surface area contributed by atoms with Gasteiger partial charge >= 0.3 is 0 Å². The van der Waals surface area contributed by atoms with E-state index >= 15 is 0 Å². The van der Waals surface area contributed by atoms with E-state index in [4.69, 9.17) is 0 Å². The highest BCUT2D eigenvalue weighted by atomic mass is 14.7. The third-order valence-corrected chi connectivity index (χ3v) is 2.61. The summed E-state index contributed by atoms with van der Waals surface area (Å²) in [6, 6.07) is 5.74. The van der Waals surface area contributed by atoms with Gasteiger partial charge in [0.25, 0.3) is 0 Å². The van der Waals surface area contributed by atoms with Gasteiger partial charge in [0.05, 0.1) is 5.69 Å². The molecule has 128 valence electrons. The predicted molar refractivity (Wildman–Crippen MR) is 112 cm³/mol. The second kappa shape index (κ2) is 16.6. The fourth-order valence-electron chi connectivity index (χ4n) is 1.55. The SMILES string of the molecule is C=Cc1cccnc1C=C.C=Cc1ccncc1C=C.CC.CC. The topological polar surface area (TPSA) is 25.8 Å². The lowest BCUT2D eigenvalue weighted by molar-refractivity contribution is 1.28. The maximum absolute atomic E-state index is 4.08. The number of hydrogen-bond acceptors (Lipinski definition) is 2. The van der Waals surface area contributed by atoms with Gasteiger partial charge in [-0.05, 0) is 34.9 Å². The molecular formula is C22H30N2. The summed E-state index contributed by atoms with van der Waals surface area (Å²) in [4.78, 5) is 8.02. The molecule has 2 heterocycles. The Balaban J connectivity index is 0. The summed E-state index contributed by atoms with van der Waals surface area (Å²) < 4.78 is 0. The Morgan fingerprint density at radius 2 is 1.29 bits per heavy atom. The van der Waals surface area contributed by atoms with E-state index in [0.717, 1.165) is 22.4 Å². The zero-order chi connectivity index (χ0) is 18.8. The molecule has 0 amide bonds. The first-order chi connectivity index (χ1) is 11.8. The average molecular weight is 322 g/mol. The zero-order valence-electron chi connectivity index (χ0n) is 15.5. The molecule has 0 aliphatic rings. The van der Waals surface area contributed by atoms with Crippen molar-refractivity contribution in [2.75, 3.05) is 0 Å². The average Bonchev–Trinajstić information content (AvgIpc) is 2.71. The minimum absolute atomic E-state index is 0.887. The number of hydrogen-bond donors (Lipinski definition) is 0. The molecule has 0 bridgehead atoms. The van der Waals surface area contributed by atoms with Gasteiger partial charge in [0, 0.05) is 18.6 Å². The van der Waals surface area contributed by atoms with Crippen LogP contribution in [-0.4, -0.2) is 9.97 Å². The molecule has 0 saturated carbocycles. The van der Waals surface area contributed by atoms with E-state index in [-0.39, 0.29) is 0 Å². The molecule has 0 N–H and O–H groups in total. The van der Waals surface area contributed by atoms with Crippen LogP contribution in [0.15, 0.2) is 63.1 Å². The van der Waals surface area contributed by atoms with Crippen molar-refractivity contribution in [2.45, 2.75) is 27.7 Å². The van der Waals surface area contributed by atoms with Gasteiger partial charge < -0.3 is 0 Å². The molecule has 2 aromatic rings. The van der Waals surface area contributed by atoms with Gasteiger partial charge in [-0.2, -0.15) is 0 Å². The second-order valence-corrected chi connectivity index (χ2v) is 3.80. The summed E-state index contributed by atoms with van der Waals surface area (Å²) in [5.74, 6) is 0. The number of nitrogens with zero attached hydrogens (tertiary/aromatic N) is 2. The van der Waals surface area contributed by atoms with Crippen LogP contribution in [-0.2, 0) is 0 Å². The molecule has 0 atom stereocenters. The van der Waals surface area contributed by atoms with Crippen LogP contribution < -0.4 is 0 Å². The molecule has 2 nitrogen and oxygen atoms in total. The molecule has 0 spiro atoms. The smallest absolute Gasteiger partial charge is 0.0695 e. The molecule has 0 radical (unpaired) electrons. The lowest BCUT2D eigenvalue weighted by Gasteiger charge is -1.95. The van der Waals surface area contributed by atoms with Crippen LogP contribution in [0.3, 0.4) is 0 Å². The fraction of sp³-hybridized carbons (Fsp3) is 0.182. The highest BCUT2D eigenvalue weighted by molar-refractivity contribution is 5.62. The molecule has 2 rings (SSSR count). The Morgan fingerprint density at radius 1 is 0.708 bits per heavy atom. The van der Waals surface area contributed by atoms with Gasteiger partial charge in [0.2, 0.25) is 0 Å². The zero-order valence-corrected chi connectivity index (χ0v) is 15.5. The molecule has 0 aliphatic heterocycles. The van der Waals surface area contributed by atoms with Crippen LogP contribution in [0.5, 0.6) is 0 Å². The van der Waals surface area contributed by atoms with E-state index in [2.05, 4.69) is 36.3 Å². The van der Waals surface area contributed by atoms with Crippen LogP contribution >= 0.6 is 0 Å². The van der Waals surface area contributed by atoms with Crippen LogP contribution in [0.4, 0.5) is 0 Å². The van der Waals surface area contributed by atoms with Crippen molar-refractivity contribution in [3.05, 3.63) is 85.5 Å². The van der Waals surface area contributed by atoms with Crippen molar-refractivity contribution >= 4 is 24.3 Å². The molecule has 24 heavy (non-hydrogen) atoms. The van der Waals surface area contributed by atoms with E-state index < -0.39 is 0 Å². The summed E-state index contributed by atoms with van der Waals surface area (Å²) in [6.45, 7) is 22.6. The molecule has 0 aliphatic carbocycles. The standard InChI is InChI=1S/2C9H9N.2C2H6/c1-3-8-5-6-10-7-9(8)4-2;1-3-8-6-5-7-10-9(8)4-2;2*1-2/h2*3-7H,1-2H2;2*1-2H3. The predicted octanol–water partition coefficient (Wildman–Crippen LogP) is 6.79. The fourth-order valence-corrected chi connectivity index (χ4v) is 1.55. The summed E-state index contributed by atoms with van der Waals surface area (Å²) in [5.41, 5.74) is 4.01. The summed E-state index contributed by atoms with van der Waals surface area (Å²) in [5, 5.41) is 0. The molecule has 0 unspecified atom stereocenters. The van der Waals surface area contributed by atoms with Gasteiger partial charge in [0.1, 0.15) is 0 Å². The van der Waals surface area contributed by atoms with E-state index in [9.17, 15) is 0 Å². The normalized spacial score (nSPS) is 7.83. The first-order valence-corrected chi connectivity index (χ1v) is 8.15. The van der Waals surface area contributed by atoms with Crippen molar-refractivity contribution < 1.29 is 0 Å². The quantitative estimate of drug-likeness (QED) is 0.619. The lowest BCUT2D eigenvalue weighted by Crippen LogP contribution is -1.82. The largest absolute Gasteiger partial charge is 0.264 e. The van der Waals surface area contributed by atoms with Gasteiger partial charge in [0.15, 0.2) is 0 Å². The Labute approximate surface area is 148 Å². The maximum atomic E-state index is 4.08. The third kappa shape index (κ3) is 8.64. The lowest BCUT2D eigenvalue weighted by atomic mass is 10.1. The van der Waals surface area contributed by atoms with Crippen LogP contribution in [0.1, 0.15) is 50.1 Å². The van der Waals surface area contributed by atoms with Crippen LogP contribution in [0.2, 0.25) is 0 Å². The van der Waals surface area contributed by atoms with E-state index in [0.29, 0.717) is 0 Å². The number of rotatable bonds is 4. The molecular weight excluding hydrogens is 292 g/mol. The first-order valence-electron chi connectivity index (χ1n) is 8.15. The molecule has 2 heteroatoms. The van der Waals surface area contributed by atoms with E-state index in [1.165, 1.54) is 0 Å². The van der Waals surface area contributed by atoms with Crippen molar-refractivity contribution in [2.24, 2.45) is 0 Å². The van der Waals surface area contributed by atoms with Crippen molar-refractivity contribution in [1.29, 1.82) is 0 Å². The summed E-state index contributed by atoms with van der Waals surface area (Å²) >= 11 is 0. The minimum atomic E-state index is 0.887. The highest BCUT2D eigenvalue weighted by Crippen LogP contribution is 2.08. The van der Waals surface area contributed by atoms with Crippen molar-refractivity contribution in [3.63, 3.8) is 0 Å². The first kappa shape index (κ1) is 23.5. The number of aromatic nitrogens is 2. The molecule has 0 fully saturated rings. The monoisotopic (exact) mass is 322 g/mol. The van der Waals surface area contributed by atoms with Crippen LogP contribution in [0, 0.1) is 0 Å². The third-order valence-electron chi connectivity index (χ3n) is 2.61. The van der Waals surface area contributed by atoms with Gasteiger partial charge in [-0.25, -0.2) is 0 Å². The Hall–Kier alpha value is -2.74. The van der Waals surface area contributed by atoms with Crippen molar-refractivity contribution in [1.82, 2.24) is 9.97 Å². The van der Waals surface area contributed by atoms with Gasteiger partial charge in [-0.3, -0.25) is 9.97 Å². The van der Waals surface area contributed by atoms with E-state index in [1.807, 2.05) is 45.9 Å². The number of pyridine rings is 2. The van der Waals surface area contributed by atoms with Gasteiger partial charge in [-0.1, -0.05) is 78.3 Å². The minimum Gasteiger partial charge on any atom is -0.264 e. The Bertz CT molecular complexity index is 503. The molecule has 0 saturated heterocycles. The van der Waals surface area contributed by atoms with Crippen LogP contribution in [0.25, 0.3) is 24.3 Å².